The fourth-order valence-corrected chi connectivity index (χ4v) is 0.612. The van der Waals surface area contributed by atoms with Crippen molar-refractivity contribution in [2.45, 2.75) is 12.2 Å². The third-order valence-corrected chi connectivity index (χ3v) is 2.06. The summed E-state index contributed by atoms with van der Waals surface area (Å²) in [5.74, 6) is 0. The maximum Gasteiger partial charge on any atom is 0.367 e. The van der Waals surface area contributed by atoms with Crippen LogP contribution in [0, 0.1) is 0 Å². The van der Waals surface area contributed by atoms with E-state index >= 15 is 0 Å². The van der Waals surface area contributed by atoms with Gasteiger partial charge in [-0.05, 0) is 0 Å². The molecule has 0 saturated heterocycles. The van der Waals surface area contributed by atoms with Gasteiger partial charge in [0.2, 0.25) is 6.79 Å². The van der Waals surface area contributed by atoms with Crippen molar-refractivity contribution in [1.82, 2.24) is 0 Å². The van der Waals surface area contributed by atoms with Crippen LogP contribution in [-0.2, 0) is 23.8 Å². The van der Waals surface area contributed by atoms with Crippen LogP contribution in [0.2, 0.25) is 0 Å². The van der Waals surface area contributed by atoms with Gasteiger partial charge >= 0.3 is 15.4 Å². The Labute approximate surface area is 67.4 Å². The predicted molar refractivity (Wildman–Crippen MR) is 32.6 cm³/mol. The van der Waals surface area contributed by atoms with Crippen LogP contribution < -0.4 is 0 Å². The number of hydrogen-bond donors (Lipinski definition) is 0. The molecular weight excluding hydrogens is 198 g/mol. The Hall–Kier alpha value is -0.760. The van der Waals surface area contributed by atoms with Crippen molar-refractivity contribution in [2.24, 2.45) is 0 Å². The van der Waals surface area contributed by atoms with Crippen LogP contribution in [0.3, 0.4) is 0 Å². The quantitative estimate of drug-likeness (QED) is 0.274. The van der Waals surface area contributed by atoms with Gasteiger partial charge in [0.1, 0.15) is 0 Å². The molecule has 0 aromatic rings. The molecule has 0 atom stereocenters. The van der Waals surface area contributed by atoms with Crippen molar-refractivity contribution in [3.05, 3.63) is 0 Å². The average Bonchev–Trinajstić information content (AvgIpc) is 1.85. The molecule has 0 bridgehead atoms. The molecule has 0 aliphatic heterocycles. The second kappa shape index (κ2) is 3.76. The maximum atomic E-state index is 12.1. The van der Waals surface area contributed by atoms with Gasteiger partial charge in [-0.15, -0.1) is 0 Å². The topological polar surface area (TPSA) is 69.7 Å². The summed E-state index contributed by atoms with van der Waals surface area (Å²) in [4.78, 5) is 9.46. The zero-order valence-electron chi connectivity index (χ0n) is 5.99. The lowest BCUT2D eigenvalue weighted by Gasteiger charge is -2.09. The SMILES string of the molecule is CC(F)(F)S(=O)(=O)OCOC=O. The summed E-state index contributed by atoms with van der Waals surface area (Å²) in [5.41, 5.74) is 0. The van der Waals surface area contributed by atoms with E-state index in [0.29, 0.717) is 0 Å². The van der Waals surface area contributed by atoms with E-state index in [-0.39, 0.29) is 13.4 Å². The Morgan fingerprint density at radius 1 is 1.50 bits per heavy atom. The summed E-state index contributed by atoms with van der Waals surface area (Å²) in [6, 6.07) is 0. The Morgan fingerprint density at radius 3 is 2.33 bits per heavy atom. The standard InChI is InChI=1S/C4H6F2O5S/c1-4(5,6)12(8,9)11-3-10-2-7/h2H,3H2,1H3. The Bertz CT molecular complexity index is 241. The molecule has 72 valence electrons. The van der Waals surface area contributed by atoms with Gasteiger partial charge in [0.25, 0.3) is 6.47 Å². The van der Waals surface area contributed by atoms with E-state index in [1.807, 2.05) is 0 Å². The first-order valence-corrected chi connectivity index (χ1v) is 4.04. The molecule has 0 fully saturated rings. The van der Waals surface area contributed by atoms with E-state index in [2.05, 4.69) is 8.92 Å². The van der Waals surface area contributed by atoms with Gasteiger partial charge in [-0.1, -0.05) is 0 Å². The molecule has 0 unspecified atom stereocenters. The number of ether oxygens (including phenoxy) is 1. The van der Waals surface area contributed by atoms with Gasteiger partial charge in [0.15, 0.2) is 0 Å². The van der Waals surface area contributed by atoms with E-state index in [4.69, 9.17) is 0 Å². The molecule has 0 aromatic heterocycles. The van der Waals surface area contributed by atoms with Crippen LogP contribution in [0.1, 0.15) is 6.92 Å². The van der Waals surface area contributed by atoms with Gasteiger partial charge in [-0.25, -0.2) is 4.18 Å². The van der Waals surface area contributed by atoms with Crippen LogP contribution in [0.4, 0.5) is 8.78 Å². The van der Waals surface area contributed by atoms with E-state index in [0.717, 1.165) is 0 Å². The molecule has 5 nitrogen and oxygen atoms in total. The highest BCUT2D eigenvalue weighted by molar-refractivity contribution is 7.87. The lowest BCUT2D eigenvalue weighted by Crippen LogP contribution is -2.27. The minimum Gasteiger partial charge on any atom is -0.439 e. The average molecular weight is 204 g/mol. The molecule has 12 heavy (non-hydrogen) atoms. The fourth-order valence-electron chi connectivity index (χ4n) is 0.222. The van der Waals surface area contributed by atoms with Crippen LogP contribution in [0.15, 0.2) is 0 Å². The molecule has 0 aliphatic rings. The summed E-state index contributed by atoms with van der Waals surface area (Å²) in [7, 11) is -4.99. The summed E-state index contributed by atoms with van der Waals surface area (Å²) >= 11 is 0. The number of alkyl halides is 2. The minimum atomic E-state index is -4.99. The first-order valence-electron chi connectivity index (χ1n) is 2.63. The summed E-state index contributed by atoms with van der Waals surface area (Å²) in [6.45, 7) is -1.01. The monoisotopic (exact) mass is 204 g/mol. The molecular formula is C4H6F2O5S. The Kier molecular flexibility index (Phi) is 3.53. The summed E-state index contributed by atoms with van der Waals surface area (Å²) < 4.78 is 52.2. The van der Waals surface area contributed by atoms with E-state index in [1.54, 1.807) is 0 Å². The number of halogens is 2. The van der Waals surface area contributed by atoms with Crippen LogP contribution in [-0.4, -0.2) is 26.9 Å². The zero-order valence-corrected chi connectivity index (χ0v) is 6.81. The zero-order chi connectivity index (χ0) is 9.83. The molecule has 0 rings (SSSR count). The van der Waals surface area contributed by atoms with E-state index in [9.17, 15) is 22.0 Å². The highest BCUT2D eigenvalue weighted by Gasteiger charge is 2.40. The maximum absolute atomic E-state index is 12.1. The number of hydrogen-bond acceptors (Lipinski definition) is 5. The van der Waals surface area contributed by atoms with E-state index < -0.39 is 22.2 Å². The predicted octanol–water partition coefficient (Wildman–Crippen LogP) is 0.0760. The molecule has 0 aromatic carbocycles. The highest BCUT2D eigenvalue weighted by atomic mass is 32.2. The fraction of sp³-hybridized carbons (Fsp3) is 0.750. The normalized spacial score (nSPS) is 12.6. The minimum absolute atomic E-state index is 0.122. The molecule has 0 heterocycles. The van der Waals surface area contributed by atoms with Gasteiger partial charge < -0.3 is 4.74 Å². The molecule has 0 N–H and O–H groups in total. The smallest absolute Gasteiger partial charge is 0.367 e. The molecule has 0 aliphatic carbocycles. The van der Waals surface area contributed by atoms with Crippen molar-refractivity contribution in [1.29, 1.82) is 0 Å². The van der Waals surface area contributed by atoms with Gasteiger partial charge in [-0.2, -0.15) is 17.2 Å². The van der Waals surface area contributed by atoms with Crippen molar-refractivity contribution in [3.63, 3.8) is 0 Å². The second-order valence-corrected chi connectivity index (χ2v) is 3.62. The summed E-state index contributed by atoms with van der Waals surface area (Å²) in [6.07, 6.45) is 0. The summed E-state index contributed by atoms with van der Waals surface area (Å²) in [5, 5.41) is -4.00. The van der Waals surface area contributed by atoms with Crippen molar-refractivity contribution in [3.8, 4) is 0 Å². The van der Waals surface area contributed by atoms with Crippen molar-refractivity contribution in [2.75, 3.05) is 6.79 Å². The lowest BCUT2D eigenvalue weighted by molar-refractivity contribution is -0.134. The van der Waals surface area contributed by atoms with Crippen molar-refractivity contribution < 1.29 is 30.9 Å². The third kappa shape index (κ3) is 3.09. The van der Waals surface area contributed by atoms with Gasteiger partial charge in [-0.3, -0.25) is 4.79 Å². The molecule has 8 heteroatoms. The van der Waals surface area contributed by atoms with Gasteiger partial charge in [0, 0.05) is 6.92 Å². The molecule has 0 radical (unpaired) electrons. The van der Waals surface area contributed by atoms with Crippen LogP contribution >= 0.6 is 0 Å². The molecule has 0 saturated carbocycles. The number of carbonyl (C=O) groups is 1. The van der Waals surface area contributed by atoms with Gasteiger partial charge in [0.05, 0.1) is 0 Å². The molecule has 0 amide bonds. The lowest BCUT2D eigenvalue weighted by atomic mass is 10.9. The molecule has 0 spiro atoms. The van der Waals surface area contributed by atoms with Crippen molar-refractivity contribution >= 4 is 16.6 Å². The number of rotatable bonds is 5. The first kappa shape index (κ1) is 11.2. The first-order chi connectivity index (χ1) is 5.31. The number of carbonyl (C=O) groups excluding carboxylic acids is 1. The second-order valence-electron chi connectivity index (χ2n) is 1.76. The Morgan fingerprint density at radius 2 is 2.00 bits per heavy atom. The highest BCUT2D eigenvalue weighted by Crippen LogP contribution is 2.21. The third-order valence-electron chi connectivity index (χ3n) is 0.778. The van der Waals surface area contributed by atoms with Crippen LogP contribution in [0.25, 0.3) is 0 Å². The van der Waals surface area contributed by atoms with Crippen LogP contribution in [0.5, 0.6) is 0 Å². The largest absolute Gasteiger partial charge is 0.439 e. The Balaban J connectivity index is 4.16. The van der Waals surface area contributed by atoms with E-state index in [1.165, 1.54) is 0 Å².